The molecule has 0 radical (unpaired) electrons. The Hall–Kier alpha value is -3.09. The number of carbonyl (C=O) groups excluding carboxylic acids is 1. The fourth-order valence-electron chi connectivity index (χ4n) is 3.54. The van der Waals surface area contributed by atoms with E-state index in [4.69, 9.17) is 10.5 Å². The van der Waals surface area contributed by atoms with E-state index in [1.807, 2.05) is 24.4 Å². The Bertz CT molecular complexity index is 976. The summed E-state index contributed by atoms with van der Waals surface area (Å²) >= 11 is 0. The van der Waals surface area contributed by atoms with E-state index in [9.17, 15) is 4.79 Å². The van der Waals surface area contributed by atoms with Gasteiger partial charge in [0.05, 0.1) is 12.1 Å². The topological polar surface area (TPSA) is 86.3 Å². The molecule has 0 amide bonds. The summed E-state index contributed by atoms with van der Waals surface area (Å²) < 4.78 is 7.57. The van der Waals surface area contributed by atoms with Crippen LogP contribution >= 0.6 is 0 Å². The van der Waals surface area contributed by atoms with Crippen LogP contribution in [-0.2, 0) is 6.42 Å². The molecule has 2 N–H and O–H groups in total. The summed E-state index contributed by atoms with van der Waals surface area (Å²) in [7, 11) is 0. The number of nitrogens with zero attached hydrogens (tertiary/aromatic N) is 4. The predicted octanol–water partition coefficient (Wildman–Crippen LogP) is 3.92. The molecule has 3 aromatic heterocycles. The molecule has 0 bridgehead atoms. The molecule has 0 unspecified atom stereocenters. The highest BCUT2D eigenvalue weighted by Crippen LogP contribution is 2.24. The van der Waals surface area contributed by atoms with E-state index in [1.165, 1.54) is 0 Å². The van der Waals surface area contributed by atoms with Crippen molar-refractivity contribution in [2.24, 2.45) is 0 Å². The van der Waals surface area contributed by atoms with Gasteiger partial charge in [-0.05, 0) is 24.5 Å². The number of hydrogen-bond acceptors (Lipinski definition) is 6. The van der Waals surface area contributed by atoms with Crippen LogP contribution < -0.4 is 15.4 Å². The highest BCUT2D eigenvalue weighted by Gasteiger charge is 2.12. The number of carbonyl (C=O) groups is 1. The van der Waals surface area contributed by atoms with E-state index in [-0.39, 0.29) is 5.91 Å². The Kier molecular flexibility index (Phi) is 6.69. The lowest BCUT2D eigenvalue weighted by Crippen LogP contribution is -2.25. The fourth-order valence-corrected chi connectivity index (χ4v) is 3.54. The lowest BCUT2D eigenvalue weighted by Gasteiger charge is -2.24. The second-order valence-corrected chi connectivity index (χ2v) is 7.11. The Balaban J connectivity index is 1.74. The summed E-state index contributed by atoms with van der Waals surface area (Å²) in [6.45, 7) is 8.25. The standard InChI is InChI=1S/C22H29N5O2/c1-4-9-26(10-5-2)18-12-21(23)25-22(13-18)29-11-7-17-15-27(16(3)28)20-6-8-24-14-19(17)20/h6,8,12-15H,4-5,7,9-11H2,1-3H3,(H2,23,25). The molecule has 0 aromatic carbocycles. The first-order valence-corrected chi connectivity index (χ1v) is 10.1. The molecule has 0 saturated carbocycles. The molecule has 0 aliphatic rings. The highest BCUT2D eigenvalue weighted by atomic mass is 16.5. The summed E-state index contributed by atoms with van der Waals surface area (Å²) in [5, 5.41) is 0.963. The summed E-state index contributed by atoms with van der Waals surface area (Å²) in [6, 6.07) is 5.69. The van der Waals surface area contributed by atoms with Gasteiger partial charge < -0.3 is 15.4 Å². The van der Waals surface area contributed by atoms with E-state index >= 15 is 0 Å². The minimum Gasteiger partial charge on any atom is -0.477 e. The molecule has 7 heteroatoms. The van der Waals surface area contributed by atoms with Gasteiger partial charge >= 0.3 is 0 Å². The molecule has 3 rings (SSSR count). The first-order chi connectivity index (χ1) is 14.0. The van der Waals surface area contributed by atoms with E-state index < -0.39 is 0 Å². The van der Waals surface area contributed by atoms with Crippen LogP contribution in [0.4, 0.5) is 11.5 Å². The average molecular weight is 396 g/mol. The van der Waals surface area contributed by atoms with Gasteiger partial charge in [-0.15, -0.1) is 0 Å². The molecule has 0 saturated heterocycles. The van der Waals surface area contributed by atoms with Crippen LogP contribution in [0.5, 0.6) is 5.88 Å². The molecule has 0 aliphatic heterocycles. The maximum absolute atomic E-state index is 11.9. The molecule has 0 fully saturated rings. The van der Waals surface area contributed by atoms with Crippen molar-refractivity contribution in [3.63, 3.8) is 0 Å². The molecule has 0 atom stereocenters. The number of anilines is 2. The zero-order valence-electron chi connectivity index (χ0n) is 17.4. The average Bonchev–Trinajstić information content (AvgIpc) is 3.07. The normalized spacial score (nSPS) is 11.0. The number of hydrogen-bond donors (Lipinski definition) is 1. The minimum absolute atomic E-state index is 0.0255. The van der Waals surface area contributed by atoms with Gasteiger partial charge in [0.1, 0.15) is 5.82 Å². The third-order valence-corrected chi connectivity index (χ3v) is 4.81. The molecule has 29 heavy (non-hydrogen) atoms. The van der Waals surface area contributed by atoms with Crippen molar-refractivity contribution in [3.8, 4) is 5.88 Å². The highest BCUT2D eigenvalue weighted by molar-refractivity contribution is 5.93. The van der Waals surface area contributed by atoms with Crippen molar-refractivity contribution in [3.05, 3.63) is 42.4 Å². The van der Waals surface area contributed by atoms with Crippen LogP contribution in [0.1, 0.15) is 44.0 Å². The summed E-state index contributed by atoms with van der Waals surface area (Å²) in [5.41, 5.74) is 8.93. The number of rotatable bonds is 9. The van der Waals surface area contributed by atoms with Crippen molar-refractivity contribution in [1.29, 1.82) is 0 Å². The first kappa shape index (κ1) is 20.6. The Morgan fingerprint density at radius 1 is 1.24 bits per heavy atom. The van der Waals surface area contributed by atoms with Gasteiger partial charge in [-0.2, -0.15) is 4.98 Å². The zero-order chi connectivity index (χ0) is 20.8. The SMILES string of the molecule is CCCN(CCC)c1cc(N)nc(OCCc2cn(C(C)=O)c3ccncc23)c1. The third kappa shape index (κ3) is 4.85. The Labute approximate surface area is 171 Å². The Morgan fingerprint density at radius 3 is 2.69 bits per heavy atom. The van der Waals surface area contributed by atoms with Gasteiger partial charge in [0.15, 0.2) is 0 Å². The molecule has 3 heterocycles. The van der Waals surface area contributed by atoms with Crippen molar-refractivity contribution in [2.75, 3.05) is 30.3 Å². The van der Waals surface area contributed by atoms with Crippen LogP contribution in [0.3, 0.4) is 0 Å². The number of ether oxygens (including phenoxy) is 1. The second-order valence-electron chi connectivity index (χ2n) is 7.11. The zero-order valence-corrected chi connectivity index (χ0v) is 17.4. The van der Waals surface area contributed by atoms with Gasteiger partial charge in [0.25, 0.3) is 0 Å². The smallest absolute Gasteiger partial charge is 0.227 e. The van der Waals surface area contributed by atoms with E-state index in [0.29, 0.717) is 24.7 Å². The van der Waals surface area contributed by atoms with Crippen LogP contribution in [-0.4, -0.2) is 40.1 Å². The summed E-state index contributed by atoms with van der Waals surface area (Å²) in [5.74, 6) is 0.945. The molecule has 0 spiro atoms. The Morgan fingerprint density at radius 2 is 2.00 bits per heavy atom. The molecular weight excluding hydrogens is 366 g/mol. The number of nitrogen functional groups attached to an aromatic ring is 1. The minimum atomic E-state index is -0.0255. The number of aromatic nitrogens is 3. The van der Waals surface area contributed by atoms with E-state index in [2.05, 4.69) is 28.7 Å². The summed E-state index contributed by atoms with van der Waals surface area (Å²) in [6.07, 6.45) is 8.11. The van der Waals surface area contributed by atoms with Crippen LogP contribution in [0.15, 0.2) is 36.8 Å². The van der Waals surface area contributed by atoms with Gasteiger partial charge in [-0.1, -0.05) is 13.8 Å². The lowest BCUT2D eigenvalue weighted by molar-refractivity contribution is 0.0941. The molecule has 154 valence electrons. The first-order valence-electron chi connectivity index (χ1n) is 10.1. The van der Waals surface area contributed by atoms with E-state index in [0.717, 1.165) is 48.1 Å². The van der Waals surface area contributed by atoms with Gasteiger partial charge in [-0.3, -0.25) is 14.3 Å². The second kappa shape index (κ2) is 9.41. The largest absolute Gasteiger partial charge is 0.477 e. The van der Waals surface area contributed by atoms with Crippen molar-refractivity contribution in [2.45, 2.75) is 40.0 Å². The van der Waals surface area contributed by atoms with Crippen molar-refractivity contribution in [1.82, 2.24) is 14.5 Å². The molecule has 0 aliphatic carbocycles. The van der Waals surface area contributed by atoms with Crippen LogP contribution in [0.2, 0.25) is 0 Å². The molecule has 3 aromatic rings. The van der Waals surface area contributed by atoms with Crippen LogP contribution in [0.25, 0.3) is 10.9 Å². The number of fused-ring (bicyclic) bond motifs is 1. The monoisotopic (exact) mass is 395 g/mol. The third-order valence-electron chi connectivity index (χ3n) is 4.81. The number of nitrogens with two attached hydrogens (primary N) is 1. The number of pyridine rings is 2. The van der Waals surface area contributed by atoms with Crippen molar-refractivity contribution < 1.29 is 9.53 Å². The van der Waals surface area contributed by atoms with Gasteiger partial charge in [0, 0.05) is 68.2 Å². The lowest BCUT2D eigenvalue weighted by atomic mass is 10.2. The van der Waals surface area contributed by atoms with Crippen molar-refractivity contribution >= 4 is 28.3 Å². The van der Waals surface area contributed by atoms with Crippen LogP contribution in [0, 0.1) is 0 Å². The maximum atomic E-state index is 11.9. The molecular formula is C22H29N5O2. The predicted molar refractivity (Wildman–Crippen MR) is 117 cm³/mol. The van der Waals surface area contributed by atoms with Gasteiger partial charge in [-0.25, -0.2) is 0 Å². The van der Waals surface area contributed by atoms with E-state index in [1.54, 1.807) is 23.9 Å². The fraction of sp³-hybridized carbons (Fsp3) is 0.409. The maximum Gasteiger partial charge on any atom is 0.227 e. The summed E-state index contributed by atoms with van der Waals surface area (Å²) in [4.78, 5) is 22.7. The van der Waals surface area contributed by atoms with Gasteiger partial charge in [0.2, 0.25) is 11.8 Å². The molecule has 7 nitrogen and oxygen atoms in total. The quantitative estimate of drug-likeness (QED) is 0.591.